The molecule has 2 aromatic carbocycles. The van der Waals surface area contributed by atoms with Crippen molar-refractivity contribution in [2.75, 3.05) is 23.9 Å². The van der Waals surface area contributed by atoms with Crippen molar-refractivity contribution in [1.29, 1.82) is 0 Å². The summed E-state index contributed by atoms with van der Waals surface area (Å²) in [5, 5.41) is 0.463. The molecule has 0 bridgehead atoms. The summed E-state index contributed by atoms with van der Waals surface area (Å²) in [6.07, 6.45) is 2.03. The fourth-order valence-electron chi connectivity index (χ4n) is 3.41. The molecule has 0 radical (unpaired) electrons. The molecule has 1 fully saturated rings. The highest BCUT2D eigenvalue weighted by molar-refractivity contribution is 7.92. The van der Waals surface area contributed by atoms with Gasteiger partial charge in [-0.3, -0.25) is 9.10 Å². The van der Waals surface area contributed by atoms with Gasteiger partial charge in [0.15, 0.2) is 0 Å². The number of rotatable bonds is 5. The molecule has 1 aliphatic heterocycles. The molecule has 1 amide bonds. The first-order chi connectivity index (χ1) is 13.3. The van der Waals surface area contributed by atoms with E-state index in [1.807, 2.05) is 6.92 Å². The minimum atomic E-state index is -3.90. The van der Waals surface area contributed by atoms with Crippen molar-refractivity contribution in [2.45, 2.75) is 31.6 Å². The van der Waals surface area contributed by atoms with Gasteiger partial charge in [-0.05, 0) is 55.5 Å². The van der Waals surface area contributed by atoms with Crippen molar-refractivity contribution in [3.8, 4) is 0 Å². The molecule has 5 nitrogen and oxygen atoms in total. The van der Waals surface area contributed by atoms with Crippen LogP contribution in [0.5, 0.6) is 0 Å². The van der Waals surface area contributed by atoms with Gasteiger partial charge < -0.3 is 4.90 Å². The first kappa shape index (κ1) is 20.7. The Morgan fingerprint density at radius 1 is 1.21 bits per heavy atom. The minimum absolute atomic E-state index is 0.145. The minimum Gasteiger partial charge on any atom is -0.341 e. The van der Waals surface area contributed by atoms with Crippen LogP contribution in [0.3, 0.4) is 0 Å². The number of amides is 1. The van der Waals surface area contributed by atoms with Crippen molar-refractivity contribution in [1.82, 2.24) is 4.90 Å². The highest BCUT2D eigenvalue weighted by atomic mass is 35.5. The van der Waals surface area contributed by atoms with Gasteiger partial charge in [-0.1, -0.05) is 42.8 Å². The Kier molecular flexibility index (Phi) is 6.30. The quantitative estimate of drug-likeness (QED) is 0.731. The van der Waals surface area contributed by atoms with E-state index in [1.165, 1.54) is 12.1 Å². The molecule has 0 aromatic heterocycles. The van der Waals surface area contributed by atoms with Crippen LogP contribution >= 0.6 is 11.6 Å². The van der Waals surface area contributed by atoms with E-state index in [0.29, 0.717) is 29.7 Å². The van der Waals surface area contributed by atoms with Gasteiger partial charge >= 0.3 is 0 Å². The lowest BCUT2D eigenvalue weighted by Crippen LogP contribution is -2.46. The molecule has 7 heteroatoms. The van der Waals surface area contributed by atoms with Crippen molar-refractivity contribution < 1.29 is 13.2 Å². The van der Waals surface area contributed by atoms with Crippen LogP contribution in [-0.2, 0) is 14.8 Å². The second kappa shape index (κ2) is 8.53. The first-order valence-corrected chi connectivity index (χ1v) is 11.2. The zero-order valence-corrected chi connectivity index (χ0v) is 17.7. The van der Waals surface area contributed by atoms with Crippen molar-refractivity contribution in [3.05, 3.63) is 59.1 Å². The topological polar surface area (TPSA) is 57.7 Å². The molecule has 28 heavy (non-hydrogen) atoms. The lowest BCUT2D eigenvalue weighted by molar-refractivity contribution is -0.131. The Morgan fingerprint density at radius 3 is 2.57 bits per heavy atom. The lowest BCUT2D eigenvalue weighted by atomic mass is 10.0. The normalized spacial score (nSPS) is 17.4. The van der Waals surface area contributed by atoms with Gasteiger partial charge in [-0.25, -0.2) is 8.42 Å². The Hall–Kier alpha value is -2.05. The maximum Gasteiger partial charge on any atom is 0.264 e. The van der Waals surface area contributed by atoms with Crippen LogP contribution in [0.2, 0.25) is 5.02 Å². The Balaban J connectivity index is 1.97. The standard InChI is InChI=1S/C21H25ClN2O3S/c1-16-7-6-12-23(14-16)21(25)15-24(18-11-10-17(2)20(22)13-18)28(26,27)19-8-4-3-5-9-19/h3-5,8-11,13,16H,6-7,12,14-15H2,1-2H3/t16-/m1/s1. The third-order valence-electron chi connectivity index (χ3n) is 5.06. The summed E-state index contributed by atoms with van der Waals surface area (Å²) in [7, 11) is -3.90. The molecule has 0 N–H and O–H groups in total. The number of piperidine rings is 1. The molecule has 150 valence electrons. The summed E-state index contributed by atoms with van der Waals surface area (Å²) >= 11 is 6.24. The molecular formula is C21H25ClN2O3S. The molecule has 1 aliphatic rings. The molecule has 0 saturated carbocycles. The third kappa shape index (κ3) is 4.50. The Bertz CT molecular complexity index is 947. The molecule has 3 rings (SSSR count). The van der Waals surface area contributed by atoms with Crippen molar-refractivity contribution in [2.24, 2.45) is 5.92 Å². The number of sulfonamides is 1. The van der Waals surface area contributed by atoms with E-state index in [1.54, 1.807) is 41.3 Å². The SMILES string of the molecule is Cc1ccc(N(CC(=O)N2CCC[C@@H](C)C2)S(=O)(=O)c2ccccc2)cc1Cl. The third-order valence-corrected chi connectivity index (χ3v) is 7.26. The number of likely N-dealkylation sites (tertiary alicyclic amines) is 1. The maximum absolute atomic E-state index is 13.3. The highest BCUT2D eigenvalue weighted by Gasteiger charge is 2.30. The average Bonchev–Trinajstić information content (AvgIpc) is 2.68. The fourth-order valence-corrected chi connectivity index (χ4v) is 5.01. The summed E-state index contributed by atoms with van der Waals surface area (Å²) in [6.45, 7) is 5.03. The molecule has 1 atom stereocenters. The number of halogens is 1. The number of carbonyl (C=O) groups is 1. The molecule has 1 saturated heterocycles. The van der Waals surface area contributed by atoms with E-state index in [0.717, 1.165) is 22.7 Å². The number of anilines is 1. The highest BCUT2D eigenvalue weighted by Crippen LogP contribution is 2.28. The van der Waals surface area contributed by atoms with Gasteiger partial charge in [-0.2, -0.15) is 0 Å². The number of hydrogen-bond donors (Lipinski definition) is 0. The summed E-state index contributed by atoms with van der Waals surface area (Å²) in [5.41, 5.74) is 1.23. The first-order valence-electron chi connectivity index (χ1n) is 9.41. The maximum atomic E-state index is 13.3. The van der Waals surface area contributed by atoms with Gasteiger partial charge in [0.2, 0.25) is 5.91 Å². The van der Waals surface area contributed by atoms with Gasteiger partial charge in [0.25, 0.3) is 10.0 Å². The zero-order valence-electron chi connectivity index (χ0n) is 16.1. The summed E-state index contributed by atoms with van der Waals surface area (Å²) in [6, 6.07) is 13.2. The van der Waals surface area contributed by atoms with Gasteiger partial charge in [0.1, 0.15) is 6.54 Å². The van der Waals surface area contributed by atoms with E-state index in [9.17, 15) is 13.2 Å². The lowest BCUT2D eigenvalue weighted by Gasteiger charge is -2.33. The Labute approximate surface area is 172 Å². The average molecular weight is 421 g/mol. The number of aryl methyl sites for hydroxylation is 1. The monoisotopic (exact) mass is 420 g/mol. The molecule has 1 heterocycles. The van der Waals surface area contributed by atoms with Gasteiger partial charge in [0, 0.05) is 18.1 Å². The summed E-state index contributed by atoms with van der Waals surface area (Å²) < 4.78 is 27.8. The predicted octanol–water partition coefficient (Wildman–Crippen LogP) is 4.10. The van der Waals surface area contributed by atoms with E-state index in [-0.39, 0.29) is 17.3 Å². The van der Waals surface area contributed by atoms with E-state index >= 15 is 0 Å². The van der Waals surface area contributed by atoms with Crippen LogP contribution in [0.25, 0.3) is 0 Å². The van der Waals surface area contributed by atoms with Crippen molar-refractivity contribution >= 4 is 33.2 Å². The molecule has 0 spiro atoms. The van der Waals surface area contributed by atoms with Crippen LogP contribution in [0.1, 0.15) is 25.3 Å². The zero-order chi connectivity index (χ0) is 20.3. The summed E-state index contributed by atoms with van der Waals surface area (Å²) in [5.74, 6) is 0.230. The number of carbonyl (C=O) groups excluding carboxylic acids is 1. The van der Waals surface area contributed by atoms with Crippen LogP contribution in [0.4, 0.5) is 5.69 Å². The second-order valence-corrected chi connectivity index (χ2v) is 9.61. The van der Waals surface area contributed by atoms with E-state index in [4.69, 9.17) is 11.6 Å². The van der Waals surface area contributed by atoms with Crippen molar-refractivity contribution in [3.63, 3.8) is 0 Å². The number of benzene rings is 2. The van der Waals surface area contributed by atoms with Gasteiger partial charge in [0.05, 0.1) is 10.6 Å². The second-order valence-electron chi connectivity index (χ2n) is 7.35. The van der Waals surface area contributed by atoms with Crippen LogP contribution in [-0.4, -0.2) is 38.9 Å². The van der Waals surface area contributed by atoms with Crippen LogP contribution in [0.15, 0.2) is 53.4 Å². The molecule has 2 aromatic rings. The molecule has 0 unspecified atom stereocenters. The predicted molar refractivity (Wildman–Crippen MR) is 112 cm³/mol. The number of hydrogen-bond acceptors (Lipinski definition) is 3. The number of nitrogens with zero attached hydrogens (tertiary/aromatic N) is 2. The smallest absolute Gasteiger partial charge is 0.264 e. The van der Waals surface area contributed by atoms with Gasteiger partial charge in [-0.15, -0.1) is 0 Å². The van der Waals surface area contributed by atoms with Crippen LogP contribution in [0, 0.1) is 12.8 Å². The largest absolute Gasteiger partial charge is 0.341 e. The van der Waals surface area contributed by atoms with Crippen LogP contribution < -0.4 is 4.31 Å². The fraction of sp³-hybridized carbons (Fsp3) is 0.381. The molecule has 0 aliphatic carbocycles. The molecular weight excluding hydrogens is 396 g/mol. The van der Waals surface area contributed by atoms with E-state index < -0.39 is 10.0 Å². The summed E-state index contributed by atoms with van der Waals surface area (Å²) in [4.78, 5) is 14.9. The Morgan fingerprint density at radius 2 is 1.93 bits per heavy atom. The van der Waals surface area contributed by atoms with E-state index in [2.05, 4.69) is 6.92 Å².